The summed E-state index contributed by atoms with van der Waals surface area (Å²) in [6, 6.07) is 18.0. The monoisotopic (exact) mass is 774 g/mol. The second kappa shape index (κ2) is 14.3. The molecule has 0 saturated heterocycles. The molecule has 0 bridgehead atoms. The average molecular weight is 775 g/mol. The molecule has 0 spiro atoms. The molecule has 0 saturated carbocycles. The number of halogens is 4. The molecule has 0 aliphatic rings. The van der Waals surface area contributed by atoms with Crippen LogP contribution in [0, 0.1) is 10.5 Å². The van der Waals surface area contributed by atoms with Crippen molar-refractivity contribution in [3.63, 3.8) is 0 Å². The zero-order chi connectivity index (χ0) is 33.7. The van der Waals surface area contributed by atoms with Crippen LogP contribution in [-0.4, -0.2) is 39.8 Å². The summed E-state index contributed by atoms with van der Waals surface area (Å²) < 4.78 is 86.1. The third-order valence-electron chi connectivity index (χ3n) is 6.42. The van der Waals surface area contributed by atoms with Crippen molar-refractivity contribution in [2.45, 2.75) is 36.0 Å². The van der Waals surface area contributed by atoms with Gasteiger partial charge in [-0.1, -0.05) is 35.9 Å². The van der Waals surface area contributed by atoms with Crippen molar-refractivity contribution in [1.82, 2.24) is 9.88 Å². The molecule has 4 aromatic rings. The van der Waals surface area contributed by atoms with E-state index in [-0.39, 0.29) is 29.2 Å². The van der Waals surface area contributed by atoms with Gasteiger partial charge in [-0.3, -0.25) is 14.2 Å². The first kappa shape index (κ1) is 35.9. The highest BCUT2D eigenvalue weighted by Crippen LogP contribution is 2.30. The zero-order valence-electron chi connectivity index (χ0n) is 24.1. The van der Waals surface area contributed by atoms with E-state index >= 15 is 0 Å². The fourth-order valence-electron chi connectivity index (χ4n) is 3.95. The summed E-state index contributed by atoms with van der Waals surface area (Å²) in [5.74, 6) is -0.703. The van der Waals surface area contributed by atoms with E-state index in [0.717, 1.165) is 28.5 Å². The average Bonchev–Trinajstić information content (AvgIpc) is 2.97. The molecule has 3 aromatic carbocycles. The molecule has 1 aromatic heterocycles. The highest BCUT2D eigenvalue weighted by Gasteiger charge is 2.31. The Morgan fingerprint density at radius 3 is 1.84 bits per heavy atom. The number of amides is 1. The molecule has 0 atom stereocenters. The molecule has 9 nitrogen and oxygen atoms in total. The lowest BCUT2D eigenvalue weighted by molar-refractivity contribution is -0.137. The number of hydrogen-bond donors (Lipinski definition) is 1. The number of pyridine rings is 1. The number of carbonyl (C=O) groups is 1. The summed E-state index contributed by atoms with van der Waals surface area (Å²) >= 11 is 1.91. The predicted octanol–water partition coefficient (Wildman–Crippen LogP) is 5.75. The molecule has 0 aliphatic heterocycles. The van der Waals surface area contributed by atoms with Gasteiger partial charge >= 0.3 is 6.18 Å². The minimum atomic E-state index is -4.58. The van der Waals surface area contributed by atoms with Crippen molar-refractivity contribution in [2.24, 2.45) is 0 Å². The van der Waals surface area contributed by atoms with Gasteiger partial charge in [-0.05, 0) is 83.6 Å². The Hall–Kier alpha value is -3.54. The molecule has 0 aliphatic carbocycles. The van der Waals surface area contributed by atoms with Crippen LogP contribution in [0.1, 0.15) is 32.7 Å². The number of nitrogens with zero attached hydrogens (tertiary/aromatic N) is 1. The van der Waals surface area contributed by atoms with Gasteiger partial charge in [-0.15, -0.1) is 6.54 Å². The third-order valence-corrected chi connectivity index (χ3v) is 9.77. The van der Waals surface area contributed by atoms with Gasteiger partial charge in [-0.2, -0.15) is 13.2 Å². The summed E-state index contributed by atoms with van der Waals surface area (Å²) in [6.07, 6.45) is -2.33. The lowest BCUT2D eigenvalue weighted by Crippen LogP contribution is -2.33. The van der Waals surface area contributed by atoms with Crippen LogP contribution >= 0.6 is 22.6 Å². The largest absolute Gasteiger partial charge is 0.674 e. The summed E-state index contributed by atoms with van der Waals surface area (Å²) in [4.78, 5) is 26.2. The zero-order valence-corrected chi connectivity index (χ0v) is 27.9. The van der Waals surface area contributed by atoms with Crippen LogP contribution < -0.4 is 10.9 Å². The Morgan fingerprint density at radius 2 is 1.38 bits per heavy atom. The number of benzene rings is 3. The van der Waals surface area contributed by atoms with Gasteiger partial charge in [0.25, 0.3) is 11.5 Å². The van der Waals surface area contributed by atoms with E-state index in [0.29, 0.717) is 19.7 Å². The smallest absolute Gasteiger partial charge is 0.416 e. The first-order valence-corrected chi connectivity index (χ1v) is 17.8. The van der Waals surface area contributed by atoms with Crippen molar-refractivity contribution in [1.29, 1.82) is 0 Å². The van der Waals surface area contributed by atoms with E-state index < -0.39 is 42.9 Å². The number of alkyl halides is 3. The molecular weight excluding hydrogens is 746 g/mol. The van der Waals surface area contributed by atoms with Gasteiger partial charge in [0.2, 0.25) is 0 Å². The van der Waals surface area contributed by atoms with E-state index in [1.807, 2.05) is 22.6 Å². The van der Waals surface area contributed by atoms with Gasteiger partial charge in [-0.25, -0.2) is 16.8 Å². The van der Waals surface area contributed by atoms with Crippen molar-refractivity contribution in [3.8, 4) is 5.69 Å². The van der Waals surface area contributed by atoms with E-state index in [1.54, 1.807) is 19.1 Å². The molecule has 1 heterocycles. The maximum atomic E-state index is 13.1. The van der Waals surface area contributed by atoms with E-state index in [2.05, 4.69) is 5.32 Å². The first-order chi connectivity index (χ1) is 20.8. The van der Waals surface area contributed by atoms with E-state index in [1.165, 1.54) is 60.9 Å². The number of carbonyl (C=O) groups excluding carboxylic acids is 1. The quantitative estimate of drug-likeness (QED) is 0.237. The number of sulfone groups is 2. The van der Waals surface area contributed by atoms with Crippen LogP contribution in [0.3, 0.4) is 0 Å². The summed E-state index contributed by atoms with van der Waals surface area (Å²) in [7, 11) is -6.44. The Morgan fingerprint density at radius 1 is 0.867 bits per heavy atom. The predicted molar refractivity (Wildman–Crippen MR) is 173 cm³/mol. The molecule has 4 rings (SSSR count). The van der Waals surface area contributed by atoms with Crippen LogP contribution in [0.5, 0.6) is 0 Å². The lowest BCUT2D eigenvalue weighted by Gasteiger charge is -2.16. The lowest BCUT2D eigenvalue weighted by atomic mass is 10.1. The number of hydrogen-bond acceptors (Lipinski definition) is 6. The SMILES string of the molecule is CS(=O)(=O)c1ccc(C[NH-])cc1.Cc1c(I)cc(C(=O)NCc2ccc(S(C)(=O)=O)cc2)c(=O)n1-c1cccc(C(F)(F)F)c1. The molecule has 0 fully saturated rings. The van der Waals surface area contributed by atoms with Crippen LogP contribution in [0.15, 0.2) is 93.4 Å². The normalized spacial score (nSPS) is 11.8. The minimum absolute atomic E-state index is 0.00347. The van der Waals surface area contributed by atoms with Gasteiger partial charge < -0.3 is 11.1 Å². The van der Waals surface area contributed by atoms with Crippen molar-refractivity contribution in [2.75, 3.05) is 12.5 Å². The van der Waals surface area contributed by atoms with Crippen molar-refractivity contribution in [3.05, 3.63) is 126 Å². The van der Waals surface area contributed by atoms with E-state index in [9.17, 15) is 39.6 Å². The van der Waals surface area contributed by atoms with Crippen LogP contribution in [0.25, 0.3) is 11.4 Å². The Balaban J connectivity index is 0.000000385. The highest BCUT2D eigenvalue weighted by atomic mass is 127. The summed E-state index contributed by atoms with van der Waals surface area (Å²) in [5.41, 5.74) is 6.95. The Labute approximate surface area is 272 Å². The molecule has 0 unspecified atom stereocenters. The van der Waals surface area contributed by atoms with Gasteiger partial charge in [0.05, 0.1) is 15.4 Å². The molecule has 240 valence electrons. The van der Waals surface area contributed by atoms with E-state index in [4.69, 9.17) is 5.73 Å². The highest BCUT2D eigenvalue weighted by molar-refractivity contribution is 14.1. The second-order valence-electron chi connectivity index (χ2n) is 9.87. The van der Waals surface area contributed by atoms with Crippen LogP contribution in [-0.2, 0) is 38.9 Å². The topological polar surface area (TPSA) is 143 Å². The second-order valence-corrected chi connectivity index (χ2v) is 15.1. The van der Waals surface area contributed by atoms with Gasteiger partial charge in [0, 0.05) is 34.0 Å². The molecule has 15 heteroatoms. The first-order valence-electron chi connectivity index (χ1n) is 12.9. The Kier molecular flexibility index (Phi) is 11.4. The number of aromatic nitrogens is 1. The molecule has 1 amide bonds. The van der Waals surface area contributed by atoms with Gasteiger partial charge in [0.15, 0.2) is 19.7 Å². The fourth-order valence-corrected chi connectivity index (χ4v) is 5.77. The minimum Gasteiger partial charge on any atom is -0.674 e. The maximum absolute atomic E-state index is 13.1. The maximum Gasteiger partial charge on any atom is 0.416 e. The van der Waals surface area contributed by atoms with Gasteiger partial charge in [0.1, 0.15) is 5.56 Å². The molecular formula is C30H28F3IN3O6S2-. The Bertz CT molecular complexity index is 1980. The number of rotatable bonds is 7. The van der Waals surface area contributed by atoms with Crippen molar-refractivity contribution >= 4 is 48.2 Å². The fraction of sp³-hybridized carbons (Fsp3) is 0.200. The third kappa shape index (κ3) is 9.48. The molecule has 2 N–H and O–H groups in total. The summed E-state index contributed by atoms with van der Waals surface area (Å²) in [5, 5.41) is 2.59. The van der Waals surface area contributed by atoms with Crippen LogP contribution in [0.2, 0.25) is 0 Å². The van der Waals surface area contributed by atoms with Crippen LogP contribution in [0.4, 0.5) is 13.2 Å². The molecule has 45 heavy (non-hydrogen) atoms. The standard InChI is InChI=1S/C22H18F3IN2O4S.C8H10NO2S/c1-13-19(26)11-18(20(29)27-12-14-6-8-17(9-7-14)33(2,31)32)21(30)28(13)16-5-3-4-15(10-16)22(23,24)25;1-12(10,11)8-4-2-7(6-9)3-5-8/h3-11H,12H2,1-2H3,(H,27,29);2-5,9H,6H2,1H3/q;-1. The van der Waals surface area contributed by atoms with Crippen molar-refractivity contribution < 1.29 is 34.8 Å². The number of nitrogens with one attached hydrogen (secondary N) is 2. The molecule has 0 radical (unpaired) electrons. The summed E-state index contributed by atoms with van der Waals surface area (Å²) in [6.45, 7) is 1.79.